The Bertz CT molecular complexity index is 406. The van der Waals surface area contributed by atoms with E-state index in [1.807, 2.05) is 0 Å². The maximum Gasteiger partial charge on any atom is 0.0580 e. The number of hydrogen-bond donors (Lipinski definition) is 1. The van der Waals surface area contributed by atoms with E-state index in [1.54, 1.807) is 0 Å². The summed E-state index contributed by atoms with van der Waals surface area (Å²) in [4.78, 5) is 0. The van der Waals surface area contributed by atoms with Crippen molar-refractivity contribution < 1.29 is 4.74 Å². The summed E-state index contributed by atoms with van der Waals surface area (Å²) in [5, 5.41) is 3.65. The van der Waals surface area contributed by atoms with Gasteiger partial charge in [-0.1, -0.05) is 45.0 Å². The molecular formula is C19H31NO. The maximum atomic E-state index is 5.68. The summed E-state index contributed by atoms with van der Waals surface area (Å²) in [7, 11) is 0. The van der Waals surface area contributed by atoms with Crippen LogP contribution in [0.4, 0.5) is 0 Å². The van der Waals surface area contributed by atoms with Gasteiger partial charge >= 0.3 is 0 Å². The van der Waals surface area contributed by atoms with Crippen LogP contribution in [0.5, 0.6) is 0 Å². The van der Waals surface area contributed by atoms with Crippen LogP contribution in [0.25, 0.3) is 0 Å². The predicted molar refractivity (Wildman–Crippen MR) is 89.7 cm³/mol. The Balaban J connectivity index is 1.92. The third-order valence-electron chi connectivity index (χ3n) is 4.62. The molecule has 0 radical (unpaired) electrons. The Labute approximate surface area is 130 Å². The van der Waals surface area contributed by atoms with Crippen LogP contribution in [-0.2, 0) is 4.74 Å². The lowest BCUT2D eigenvalue weighted by Gasteiger charge is -2.37. The Morgan fingerprint density at radius 1 is 1.10 bits per heavy atom. The van der Waals surface area contributed by atoms with E-state index in [1.165, 1.54) is 30.4 Å². The fourth-order valence-corrected chi connectivity index (χ4v) is 3.27. The van der Waals surface area contributed by atoms with Crippen LogP contribution in [-0.4, -0.2) is 19.3 Å². The van der Waals surface area contributed by atoms with Gasteiger partial charge in [-0.3, -0.25) is 0 Å². The molecule has 2 nitrogen and oxygen atoms in total. The summed E-state index contributed by atoms with van der Waals surface area (Å²) in [6.07, 6.45) is 4.23. The van der Waals surface area contributed by atoms with E-state index in [2.05, 4.69) is 57.3 Å². The van der Waals surface area contributed by atoms with Crippen LogP contribution in [0.2, 0.25) is 0 Å². The fraction of sp³-hybridized carbons (Fsp3) is 0.684. The van der Waals surface area contributed by atoms with Crippen molar-refractivity contribution in [3.63, 3.8) is 0 Å². The zero-order valence-electron chi connectivity index (χ0n) is 14.1. The Kier molecular flexibility index (Phi) is 6.25. The lowest BCUT2D eigenvalue weighted by Crippen LogP contribution is -2.34. The van der Waals surface area contributed by atoms with Gasteiger partial charge in [-0.15, -0.1) is 0 Å². The van der Waals surface area contributed by atoms with Crippen LogP contribution in [0.3, 0.4) is 0 Å². The normalized spacial score (nSPS) is 23.1. The van der Waals surface area contributed by atoms with Crippen LogP contribution < -0.4 is 5.32 Å². The monoisotopic (exact) mass is 289 g/mol. The molecule has 118 valence electrons. The molecular weight excluding hydrogens is 258 g/mol. The zero-order chi connectivity index (χ0) is 15.2. The smallest absolute Gasteiger partial charge is 0.0580 e. The molecule has 0 spiro atoms. The molecule has 0 bridgehead atoms. The first kappa shape index (κ1) is 16.5. The molecule has 0 saturated heterocycles. The van der Waals surface area contributed by atoms with Gasteiger partial charge < -0.3 is 10.1 Å². The molecule has 1 aliphatic carbocycles. The standard InChI is InChI=1S/C19H31NO/c1-5-20-19(13-15-11-18(12-15)21-6-2)17-9-7-16(8-10-17)14(3)4/h7-10,14-15,18-20H,5-6,11-13H2,1-4H3. The van der Waals surface area contributed by atoms with Gasteiger partial charge in [-0.25, -0.2) is 0 Å². The lowest BCUT2D eigenvalue weighted by atomic mass is 9.77. The molecule has 0 aliphatic heterocycles. The minimum Gasteiger partial charge on any atom is -0.378 e. The van der Waals surface area contributed by atoms with Gasteiger partial charge in [0.25, 0.3) is 0 Å². The summed E-state index contributed by atoms with van der Waals surface area (Å²) in [5.74, 6) is 1.42. The SMILES string of the molecule is CCNC(CC1CC(OCC)C1)c1ccc(C(C)C)cc1. The van der Waals surface area contributed by atoms with Gasteiger partial charge in [0.15, 0.2) is 0 Å². The first-order chi connectivity index (χ1) is 10.1. The highest BCUT2D eigenvalue weighted by Crippen LogP contribution is 2.37. The van der Waals surface area contributed by atoms with Crippen molar-refractivity contribution in [2.24, 2.45) is 5.92 Å². The van der Waals surface area contributed by atoms with Crippen molar-refractivity contribution >= 4 is 0 Å². The largest absolute Gasteiger partial charge is 0.378 e. The second-order valence-electron chi connectivity index (χ2n) is 6.58. The quantitative estimate of drug-likeness (QED) is 0.751. The molecule has 1 saturated carbocycles. The Morgan fingerprint density at radius 2 is 1.71 bits per heavy atom. The molecule has 0 amide bonds. The van der Waals surface area contributed by atoms with E-state index in [4.69, 9.17) is 4.74 Å². The molecule has 1 aromatic carbocycles. The second kappa shape index (κ2) is 7.95. The van der Waals surface area contributed by atoms with Crippen LogP contribution in [0, 0.1) is 5.92 Å². The first-order valence-electron chi connectivity index (χ1n) is 8.58. The highest BCUT2D eigenvalue weighted by atomic mass is 16.5. The number of nitrogens with one attached hydrogen (secondary N) is 1. The molecule has 1 fully saturated rings. The van der Waals surface area contributed by atoms with E-state index >= 15 is 0 Å². The average Bonchev–Trinajstić information content (AvgIpc) is 2.44. The molecule has 1 N–H and O–H groups in total. The number of benzene rings is 1. The Morgan fingerprint density at radius 3 is 2.24 bits per heavy atom. The molecule has 21 heavy (non-hydrogen) atoms. The summed E-state index contributed by atoms with van der Waals surface area (Å²) in [6, 6.07) is 9.68. The van der Waals surface area contributed by atoms with Gasteiger partial charge in [0.1, 0.15) is 0 Å². The molecule has 0 heterocycles. The molecule has 1 atom stereocenters. The van der Waals surface area contributed by atoms with E-state index in [0.717, 1.165) is 19.1 Å². The Hall–Kier alpha value is -0.860. The van der Waals surface area contributed by atoms with E-state index < -0.39 is 0 Å². The van der Waals surface area contributed by atoms with Gasteiger partial charge in [0, 0.05) is 12.6 Å². The first-order valence-corrected chi connectivity index (χ1v) is 8.58. The average molecular weight is 289 g/mol. The van der Waals surface area contributed by atoms with Crippen molar-refractivity contribution in [1.29, 1.82) is 0 Å². The van der Waals surface area contributed by atoms with Gasteiger partial charge in [0.05, 0.1) is 6.10 Å². The van der Waals surface area contributed by atoms with E-state index in [0.29, 0.717) is 18.1 Å². The molecule has 0 aromatic heterocycles. The van der Waals surface area contributed by atoms with E-state index in [9.17, 15) is 0 Å². The van der Waals surface area contributed by atoms with Gasteiger partial charge in [-0.05, 0) is 55.7 Å². The molecule has 2 heteroatoms. The van der Waals surface area contributed by atoms with Crippen molar-refractivity contribution in [3.05, 3.63) is 35.4 Å². The summed E-state index contributed by atoms with van der Waals surface area (Å²) < 4.78 is 5.68. The van der Waals surface area contributed by atoms with Crippen molar-refractivity contribution in [2.75, 3.05) is 13.2 Å². The third kappa shape index (κ3) is 4.55. The van der Waals surface area contributed by atoms with E-state index in [-0.39, 0.29) is 0 Å². The summed E-state index contributed by atoms with van der Waals surface area (Å²) in [6.45, 7) is 10.7. The topological polar surface area (TPSA) is 21.3 Å². The number of ether oxygens (including phenoxy) is 1. The van der Waals surface area contributed by atoms with Crippen molar-refractivity contribution in [1.82, 2.24) is 5.32 Å². The minimum atomic E-state index is 0.490. The van der Waals surface area contributed by atoms with Crippen LogP contribution in [0.1, 0.15) is 70.0 Å². The maximum absolute atomic E-state index is 5.68. The van der Waals surface area contributed by atoms with Crippen molar-refractivity contribution in [3.8, 4) is 0 Å². The van der Waals surface area contributed by atoms with Crippen LogP contribution >= 0.6 is 0 Å². The highest BCUT2D eigenvalue weighted by molar-refractivity contribution is 5.27. The van der Waals surface area contributed by atoms with Crippen molar-refractivity contribution in [2.45, 2.75) is 65.0 Å². The lowest BCUT2D eigenvalue weighted by molar-refractivity contribution is -0.0291. The molecule has 1 aromatic rings. The molecule has 1 aliphatic rings. The van der Waals surface area contributed by atoms with Gasteiger partial charge in [0.2, 0.25) is 0 Å². The fourth-order valence-electron chi connectivity index (χ4n) is 3.27. The predicted octanol–water partition coefficient (Wildman–Crippen LogP) is 4.67. The summed E-state index contributed by atoms with van der Waals surface area (Å²) >= 11 is 0. The highest BCUT2D eigenvalue weighted by Gasteiger charge is 2.31. The third-order valence-corrected chi connectivity index (χ3v) is 4.62. The second-order valence-corrected chi connectivity index (χ2v) is 6.58. The summed E-state index contributed by atoms with van der Waals surface area (Å²) in [5.41, 5.74) is 2.86. The zero-order valence-corrected chi connectivity index (χ0v) is 14.1. The van der Waals surface area contributed by atoms with Gasteiger partial charge in [-0.2, -0.15) is 0 Å². The molecule has 2 rings (SSSR count). The number of hydrogen-bond acceptors (Lipinski definition) is 2. The molecule has 1 unspecified atom stereocenters. The minimum absolute atomic E-state index is 0.490. The number of rotatable bonds is 8. The van der Waals surface area contributed by atoms with Crippen LogP contribution in [0.15, 0.2) is 24.3 Å².